The number of carbonyl (C=O) groups excluding carboxylic acids is 1. The summed E-state index contributed by atoms with van der Waals surface area (Å²) < 4.78 is 5.34. The van der Waals surface area contributed by atoms with E-state index in [9.17, 15) is 4.79 Å². The van der Waals surface area contributed by atoms with Crippen LogP contribution in [0, 0.1) is 0 Å². The molecule has 2 aliphatic heterocycles. The van der Waals surface area contributed by atoms with Crippen LogP contribution in [0.15, 0.2) is 0 Å². The molecule has 2 aliphatic rings. The molecule has 2 unspecified atom stereocenters. The van der Waals surface area contributed by atoms with E-state index in [1.54, 1.807) is 0 Å². The van der Waals surface area contributed by atoms with E-state index >= 15 is 0 Å². The monoisotopic (exact) mass is 212 g/mol. The largest absolute Gasteiger partial charge is 0.379 e. The molecule has 4 nitrogen and oxygen atoms in total. The van der Waals surface area contributed by atoms with E-state index in [2.05, 4.69) is 10.6 Å². The maximum Gasteiger partial charge on any atom is 0.237 e. The van der Waals surface area contributed by atoms with Gasteiger partial charge in [-0.05, 0) is 32.2 Å². The van der Waals surface area contributed by atoms with Crippen LogP contribution in [0.5, 0.6) is 0 Å². The summed E-state index contributed by atoms with van der Waals surface area (Å²) in [5.41, 5.74) is 0. The molecule has 2 N–H and O–H groups in total. The van der Waals surface area contributed by atoms with Crippen LogP contribution in [0.2, 0.25) is 0 Å². The summed E-state index contributed by atoms with van der Waals surface area (Å²) in [6.07, 6.45) is 5.43. The van der Waals surface area contributed by atoms with Gasteiger partial charge in [-0.25, -0.2) is 0 Å². The lowest BCUT2D eigenvalue weighted by Crippen LogP contribution is -2.51. The fourth-order valence-corrected chi connectivity index (χ4v) is 2.23. The summed E-state index contributed by atoms with van der Waals surface area (Å²) in [4.78, 5) is 11.8. The van der Waals surface area contributed by atoms with Gasteiger partial charge in [-0.15, -0.1) is 0 Å². The minimum atomic E-state index is 0.0284. The first kappa shape index (κ1) is 10.9. The first-order valence-corrected chi connectivity index (χ1v) is 5.98. The van der Waals surface area contributed by atoms with Crippen LogP contribution in [0.1, 0.15) is 32.1 Å². The van der Waals surface area contributed by atoms with Gasteiger partial charge in [0.05, 0.1) is 18.7 Å². The number of nitrogens with one attached hydrogen (secondary N) is 2. The van der Waals surface area contributed by atoms with Gasteiger partial charge in [0, 0.05) is 6.61 Å². The minimum Gasteiger partial charge on any atom is -0.379 e. The predicted molar refractivity (Wildman–Crippen MR) is 57.6 cm³/mol. The van der Waals surface area contributed by atoms with Gasteiger partial charge >= 0.3 is 0 Å². The molecule has 86 valence electrons. The van der Waals surface area contributed by atoms with Crippen molar-refractivity contribution in [2.45, 2.75) is 44.2 Å². The van der Waals surface area contributed by atoms with E-state index in [0.717, 1.165) is 38.8 Å². The van der Waals surface area contributed by atoms with Gasteiger partial charge in [-0.2, -0.15) is 0 Å². The van der Waals surface area contributed by atoms with Gasteiger partial charge < -0.3 is 15.4 Å². The van der Waals surface area contributed by atoms with E-state index in [1.807, 2.05) is 0 Å². The third-order valence-corrected chi connectivity index (χ3v) is 3.13. The van der Waals surface area contributed by atoms with Gasteiger partial charge in [0.15, 0.2) is 0 Å². The average Bonchev–Trinajstić information content (AvgIpc) is 2.31. The van der Waals surface area contributed by atoms with Crippen LogP contribution in [0.3, 0.4) is 0 Å². The van der Waals surface area contributed by atoms with Crippen molar-refractivity contribution in [2.24, 2.45) is 0 Å². The Morgan fingerprint density at radius 1 is 1.27 bits per heavy atom. The molecule has 0 aromatic rings. The molecule has 2 heterocycles. The lowest BCUT2D eigenvalue weighted by atomic mass is 10.0. The van der Waals surface area contributed by atoms with Crippen molar-refractivity contribution >= 4 is 5.91 Å². The minimum absolute atomic E-state index is 0.0284. The van der Waals surface area contributed by atoms with E-state index in [-0.39, 0.29) is 18.0 Å². The quantitative estimate of drug-likeness (QED) is 0.697. The first-order valence-electron chi connectivity index (χ1n) is 5.98. The number of hydrogen-bond acceptors (Lipinski definition) is 3. The van der Waals surface area contributed by atoms with Crippen molar-refractivity contribution in [3.05, 3.63) is 0 Å². The number of piperidine rings is 1. The van der Waals surface area contributed by atoms with Crippen molar-refractivity contribution in [3.8, 4) is 0 Å². The predicted octanol–water partition coefficient (Wildman–Crippen LogP) is 0.424. The van der Waals surface area contributed by atoms with Crippen molar-refractivity contribution in [2.75, 3.05) is 19.8 Å². The van der Waals surface area contributed by atoms with Crippen LogP contribution in [0.4, 0.5) is 0 Å². The summed E-state index contributed by atoms with van der Waals surface area (Å²) in [5.74, 6) is 0.158. The molecule has 2 atom stereocenters. The molecule has 0 aromatic carbocycles. The van der Waals surface area contributed by atoms with Gasteiger partial charge in [-0.3, -0.25) is 4.79 Å². The zero-order valence-corrected chi connectivity index (χ0v) is 9.13. The molecule has 2 fully saturated rings. The Bertz CT molecular complexity index is 209. The van der Waals surface area contributed by atoms with Crippen LogP contribution in [-0.4, -0.2) is 37.7 Å². The van der Waals surface area contributed by atoms with E-state index in [1.165, 1.54) is 6.42 Å². The first-order chi connectivity index (χ1) is 7.36. The molecule has 2 rings (SSSR count). The van der Waals surface area contributed by atoms with Crippen LogP contribution in [0.25, 0.3) is 0 Å². The van der Waals surface area contributed by atoms with Crippen LogP contribution < -0.4 is 10.6 Å². The molecule has 15 heavy (non-hydrogen) atoms. The fourth-order valence-electron chi connectivity index (χ4n) is 2.23. The Balaban J connectivity index is 1.74. The second-order valence-electron chi connectivity index (χ2n) is 4.43. The maximum atomic E-state index is 11.8. The molecular weight excluding hydrogens is 192 g/mol. The second kappa shape index (κ2) is 5.47. The van der Waals surface area contributed by atoms with E-state index in [4.69, 9.17) is 4.74 Å². The standard InChI is InChI=1S/C11H20N2O2/c14-11(10-5-1-2-6-12-10)13-9-4-3-7-15-8-9/h9-10,12H,1-8H2,(H,13,14). The zero-order valence-electron chi connectivity index (χ0n) is 9.13. The lowest BCUT2D eigenvalue weighted by Gasteiger charge is -2.27. The van der Waals surface area contributed by atoms with Gasteiger partial charge in [0.25, 0.3) is 0 Å². The molecule has 4 heteroatoms. The lowest BCUT2D eigenvalue weighted by molar-refractivity contribution is -0.125. The highest BCUT2D eigenvalue weighted by Crippen LogP contribution is 2.09. The van der Waals surface area contributed by atoms with Crippen molar-refractivity contribution < 1.29 is 9.53 Å². The highest BCUT2D eigenvalue weighted by molar-refractivity contribution is 5.82. The molecule has 0 aromatic heterocycles. The highest BCUT2D eigenvalue weighted by Gasteiger charge is 2.23. The van der Waals surface area contributed by atoms with Gasteiger partial charge in [-0.1, -0.05) is 6.42 Å². The Morgan fingerprint density at radius 3 is 2.87 bits per heavy atom. The topological polar surface area (TPSA) is 50.4 Å². The normalized spacial score (nSPS) is 32.3. The smallest absolute Gasteiger partial charge is 0.237 e. The fraction of sp³-hybridized carbons (Fsp3) is 0.909. The molecule has 0 saturated carbocycles. The molecule has 0 aliphatic carbocycles. The Hall–Kier alpha value is -0.610. The Morgan fingerprint density at radius 2 is 2.20 bits per heavy atom. The van der Waals surface area contributed by atoms with E-state index < -0.39 is 0 Å². The zero-order chi connectivity index (χ0) is 10.5. The van der Waals surface area contributed by atoms with Gasteiger partial charge in [0.1, 0.15) is 0 Å². The summed E-state index contributed by atoms with van der Waals surface area (Å²) >= 11 is 0. The van der Waals surface area contributed by atoms with Crippen LogP contribution in [-0.2, 0) is 9.53 Å². The van der Waals surface area contributed by atoms with Crippen molar-refractivity contribution in [3.63, 3.8) is 0 Å². The number of amides is 1. The highest BCUT2D eigenvalue weighted by atomic mass is 16.5. The second-order valence-corrected chi connectivity index (χ2v) is 4.43. The van der Waals surface area contributed by atoms with Gasteiger partial charge in [0.2, 0.25) is 5.91 Å². The SMILES string of the molecule is O=C(NC1CCCOC1)C1CCCCN1. The number of hydrogen-bond donors (Lipinski definition) is 2. The third-order valence-electron chi connectivity index (χ3n) is 3.13. The number of carbonyl (C=O) groups is 1. The Labute approximate surface area is 90.8 Å². The third kappa shape index (κ3) is 3.18. The average molecular weight is 212 g/mol. The molecule has 1 amide bonds. The summed E-state index contributed by atoms with van der Waals surface area (Å²) in [6, 6.07) is 0.260. The molecule has 0 spiro atoms. The summed E-state index contributed by atoms with van der Waals surface area (Å²) in [6.45, 7) is 2.49. The summed E-state index contributed by atoms with van der Waals surface area (Å²) in [7, 11) is 0. The maximum absolute atomic E-state index is 11.8. The Kier molecular flexibility index (Phi) is 3.97. The summed E-state index contributed by atoms with van der Waals surface area (Å²) in [5, 5.41) is 6.32. The van der Waals surface area contributed by atoms with E-state index in [0.29, 0.717) is 6.61 Å². The number of rotatable bonds is 2. The van der Waals surface area contributed by atoms with Crippen LogP contribution >= 0.6 is 0 Å². The molecule has 2 saturated heterocycles. The molecule has 0 bridgehead atoms. The molecule has 0 radical (unpaired) electrons. The molecular formula is C11H20N2O2. The van der Waals surface area contributed by atoms with Crippen molar-refractivity contribution in [1.82, 2.24) is 10.6 Å². The van der Waals surface area contributed by atoms with Crippen molar-refractivity contribution in [1.29, 1.82) is 0 Å². The number of ether oxygens (including phenoxy) is 1.